The molecule has 0 fully saturated rings. The number of nitrogens with one attached hydrogen (secondary N) is 1. The summed E-state index contributed by atoms with van der Waals surface area (Å²) in [4.78, 5) is 26.5. The largest absolute Gasteiger partial charge is 0.481 e. The summed E-state index contributed by atoms with van der Waals surface area (Å²) in [7, 11) is 0. The molecule has 23 heavy (non-hydrogen) atoms. The van der Waals surface area contributed by atoms with Gasteiger partial charge in [-0.3, -0.25) is 14.2 Å². The Morgan fingerprint density at radius 3 is 2.52 bits per heavy atom. The molecule has 0 saturated heterocycles. The summed E-state index contributed by atoms with van der Waals surface area (Å²) in [6.45, 7) is 3.80. The Morgan fingerprint density at radius 2 is 1.96 bits per heavy atom. The van der Waals surface area contributed by atoms with Gasteiger partial charge >= 0.3 is 5.97 Å². The van der Waals surface area contributed by atoms with Gasteiger partial charge in [0.05, 0.1) is 12.1 Å². The number of H-pyrrole nitrogens is 1. The lowest BCUT2D eigenvalue weighted by Crippen LogP contribution is -2.27. The molecule has 0 aliphatic heterocycles. The Kier molecular flexibility index (Phi) is 5.50. The van der Waals surface area contributed by atoms with Crippen LogP contribution in [0.3, 0.4) is 0 Å². The van der Waals surface area contributed by atoms with Crippen LogP contribution in [0.25, 0.3) is 5.69 Å². The molecule has 0 atom stereocenters. The monoisotopic (exact) mass is 332 g/mol. The van der Waals surface area contributed by atoms with E-state index in [1.54, 1.807) is 6.92 Å². The van der Waals surface area contributed by atoms with Crippen molar-refractivity contribution < 1.29 is 9.90 Å². The number of aryl methyl sites for hydroxylation is 2. The molecule has 0 aliphatic rings. The number of hydrogen-bond acceptors (Lipinski definition) is 3. The maximum Gasteiger partial charge on any atom is 0.308 e. The van der Waals surface area contributed by atoms with Crippen LogP contribution in [0.4, 0.5) is 0 Å². The molecule has 122 valence electrons. The molecule has 2 aromatic rings. The molecule has 6 heteroatoms. The maximum absolute atomic E-state index is 12.6. The van der Waals surface area contributed by atoms with Crippen molar-refractivity contribution in [2.45, 2.75) is 39.5 Å². The van der Waals surface area contributed by atoms with Crippen LogP contribution < -0.4 is 5.56 Å². The van der Waals surface area contributed by atoms with E-state index in [-0.39, 0.29) is 22.3 Å². The summed E-state index contributed by atoms with van der Waals surface area (Å²) in [5.74, 6) is -1.04. The van der Waals surface area contributed by atoms with Gasteiger partial charge in [0.1, 0.15) is 0 Å². The summed E-state index contributed by atoms with van der Waals surface area (Å²) in [6.07, 6.45) is 2.91. The lowest BCUT2D eigenvalue weighted by molar-refractivity contribution is -0.136. The Labute approximate surface area is 139 Å². The third-order valence-corrected chi connectivity index (χ3v) is 4.04. The molecule has 2 rings (SSSR count). The highest BCUT2D eigenvalue weighted by Crippen LogP contribution is 2.12. The van der Waals surface area contributed by atoms with Crippen LogP contribution in [-0.4, -0.2) is 20.6 Å². The predicted octanol–water partition coefficient (Wildman–Crippen LogP) is 3.17. The van der Waals surface area contributed by atoms with Crippen molar-refractivity contribution >= 4 is 18.2 Å². The van der Waals surface area contributed by atoms with Gasteiger partial charge in [-0.25, -0.2) is 0 Å². The number of carboxylic acids is 1. The second kappa shape index (κ2) is 7.37. The number of aromatic nitrogens is 2. The molecule has 0 unspecified atom stereocenters. The van der Waals surface area contributed by atoms with E-state index in [0.717, 1.165) is 19.3 Å². The number of aromatic amines is 1. The van der Waals surface area contributed by atoms with Crippen LogP contribution in [-0.2, 0) is 17.6 Å². The van der Waals surface area contributed by atoms with Crippen molar-refractivity contribution in [2.75, 3.05) is 0 Å². The lowest BCUT2D eigenvalue weighted by atomic mass is 10.1. The number of unbranched alkanes of at least 4 members (excludes halogenated alkanes) is 1. The van der Waals surface area contributed by atoms with Gasteiger partial charge in [-0.1, -0.05) is 25.5 Å². The van der Waals surface area contributed by atoms with Crippen LogP contribution >= 0.6 is 12.2 Å². The highest BCUT2D eigenvalue weighted by Gasteiger charge is 2.14. The summed E-state index contributed by atoms with van der Waals surface area (Å²) >= 11 is 5.25. The van der Waals surface area contributed by atoms with E-state index in [0.29, 0.717) is 11.4 Å². The first kappa shape index (κ1) is 17.1. The number of aliphatic carboxylic acids is 1. The van der Waals surface area contributed by atoms with Crippen molar-refractivity contribution in [3.8, 4) is 5.69 Å². The SMILES string of the molecule is CCCCc1ccc(-n2c(=S)[nH]c(C)c(CC(=O)O)c2=O)cc1. The van der Waals surface area contributed by atoms with Crippen molar-refractivity contribution in [3.63, 3.8) is 0 Å². The molecule has 0 saturated carbocycles. The zero-order valence-corrected chi connectivity index (χ0v) is 14.1. The summed E-state index contributed by atoms with van der Waals surface area (Å²) in [6, 6.07) is 7.64. The van der Waals surface area contributed by atoms with E-state index in [1.165, 1.54) is 10.1 Å². The van der Waals surface area contributed by atoms with Crippen LogP contribution in [0, 0.1) is 11.7 Å². The molecule has 2 N–H and O–H groups in total. The standard InChI is InChI=1S/C17H20N2O3S/c1-3-4-5-12-6-8-13(9-7-12)19-16(22)14(10-15(20)21)11(2)18-17(19)23/h6-9H,3-5,10H2,1-2H3,(H,18,23)(H,20,21). The molecule has 0 bridgehead atoms. The average Bonchev–Trinajstić information content (AvgIpc) is 2.50. The Hall–Kier alpha value is -2.21. The Balaban J connectivity index is 2.49. The molecule has 0 aliphatic carbocycles. The van der Waals surface area contributed by atoms with E-state index in [9.17, 15) is 9.59 Å². The summed E-state index contributed by atoms with van der Waals surface area (Å²) in [5, 5.41) is 8.98. The molecule has 1 aromatic carbocycles. The molecule has 0 spiro atoms. The summed E-state index contributed by atoms with van der Waals surface area (Å²) < 4.78 is 1.62. The molecular weight excluding hydrogens is 312 g/mol. The number of rotatable bonds is 6. The Morgan fingerprint density at radius 1 is 1.30 bits per heavy atom. The number of hydrogen-bond donors (Lipinski definition) is 2. The van der Waals surface area contributed by atoms with E-state index < -0.39 is 5.97 Å². The third-order valence-electron chi connectivity index (χ3n) is 3.75. The van der Waals surface area contributed by atoms with E-state index in [4.69, 9.17) is 17.3 Å². The fraction of sp³-hybridized carbons (Fsp3) is 0.353. The second-order valence-corrected chi connectivity index (χ2v) is 5.90. The number of carbonyl (C=O) groups is 1. The van der Waals surface area contributed by atoms with Gasteiger partial charge in [-0.2, -0.15) is 0 Å². The van der Waals surface area contributed by atoms with Gasteiger partial charge in [0.15, 0.2) is 4.77 Å². The van der Waals surface area contributed by atoms with Crippen molar-refractivity contribution in [3.05, 3.63) is 56.2 Å². The maximum atomic E-state index is 12.6. The quantitative estimate of drug-likeness (QED) is 0.797. The van der Waals surface area contributed by atoms with Gasteiger partial charge in [0, 0.05) is 11.3 Å². The predicted molar refractivity (Wildman–Crippen MR) is 91.9 cm³/mol. The highest BCUT2D eigenvalue weighted by molar-refractivity contribution is 7.71. The molecule has 1 aromatic heterocycles. The summed E-state index contributed by atoms with van der Waals surface area (Å²) in [5.41, 5.74) is 2.19. The minimum Gasteiger partial charge on any atom is -0.481 e. The molecule has 0 radical (unpaired) electrons. The van der Waals surface area contributed by atoms with E-state index >= 15 is 0 Å². The van der Waals surface area contributed by atoms with Crippen LogP contribution in [0.1, 0.15) is 36.6 Å². The van der Waals surface area contributed by atoms with Crippen LogP contribution in [0.5, 0.6) is 0 Å². The highest BCUT2D eigenvalue weighted by atomic mass is 32.1. The fourth-order valence-corrected chi connectivity index (χ4v) is 2.81. The molecule has 5 nitrogen and oxygen atoms in total. The smallest absolute Gasteiger partial charge is 0.308 e. The van der Waals surface area contributed by atoms with Gasteiger partial charge < -0.3 is 10.1 Å². The molecular formula is C17H20N2O3S. The first-order valence-electron chi connectivity index (χ1n) is 7.60. The van der Waals surface area contributed by atoms with Crippen LogP contribution in [0.2, 0.25) is 0 Å². The van der Waals surface area contributed by atoms with E-state index in [1.807, 2.05) is 24.3 Å². The molecule has 0 amide bonds. The fourth-order valence-electron chi connectivity index (χ4n) is 2.47. The first-order chi connectivity index (χ1) is 10.9. The number of nitrogens with zero attached hydrogens (tertiary/aromatic N) is 1. The van der Waals surface area contributed by atoms with Gasteiger partial charge in [0.2, 0.25) is 0 Å². The zero-order valence-electron chi connectivity index (χ0n) is 13.3. The zero-order chi connectivity index (χ0) is 17.0. The lowest BCUT2D eigenvalue weighted by Gasteiger charge is -2.11. The van der Waals surface area contributed by atoms with Crippen molar-refractivity contribution in [2.24, 2.45) is 0 Å². The third kappa shape index (κ3) is 3.96. The van der Waals surface area contributed by atoms with Crippen LogP contribution in [0.15, 0.2) is 29.1 Å². The minimum absolute atomic E-state index is 0.223. The number of benzene rings is 1. The topological polar surface area (TPSA) is 75.1 Å². The Bertz CT molecular complexity index is 819. The molecule has 1 heterocycles. The first-order valence-corrected chi connectivity index (χ1v) is 8.00. The van der Waals surface area contributed by atoms with Gasteiger partial charge in [0.25, 0.3) is 5.56 Å². The second-order valence-electron chi connectivity index (χ2n) is 5.51. The van der Waals surface area contributed by atoms with Crippen molar-refractivity contribution in [1.29, 1.82) is 0 Å². The van der Waals surface area contributed by atoms with E-state index in [2.05, 4.69) is 11.9 Å². The van der Waals surface area contributed by atoms with Gasteiger partial charge in [-0.05, 0) is 49.7 Å². The normalized spacial score (nSPS) is 10.7. The average molecular weight is 332 g/mol. The minimum atomic E-state index is -1.04. The van der Waals surface area contributed by atoms with Crippen molar-refractivity contribution in [1.82, 2.24) is 9.55 Å². The van der Waals surface area contributed by atoms with Gasteiger partial charge in [-0.15, -0.1) is 0 Å². The number of carboxylic acid groups (broad SMARTS) is 1.